The first-order chi connectivity index (χ1) is 16.8. The number of benzene rings is 2. The smallest absolute Gasteiger partial charge is 0.355 e. The Balaban J connectivity index is 1.33. The number of piperidine rings is 1. The van der Waals surface area contributed by atoms with E-state index in [-0.39, 0.29) is 22.6 Å². The fourth-order valence-electron chi connectivity index (χ4n) is 6.73. The minimum Gasteiger partial charge on any atom is -0.476 e. The fraction of sp³-hybridized carbons (Fsp3) is 0.370. The van der Waals surface area contributed by atoms with Gasteiger partial charge in [0.25, 0.3) is 0 Å². The second-order valence-electron chi connectivity index (χ2n) is 10.0. The van der Waals surface area contributed by atoms with Crippen LogP contribution in [0.3, 0.4) is 0 Å². The summed E-state index contributed by atoms with van der Waals surface area (Å²) in [5.41, 5.74) is 11.3. The molecule has 2 aliphatic carbocycles. The van der Waals surface area contributed by atoms with Gasteiger partial charge in [0.1, 0.15) is 0 Å². The van der Waals surface area contributed by atoms with Crippen molar-refractivity contribution in [1.82, 2.24) is 9.97 Å². The van der Waals surface area contributed by atoms with Crippen molar-refractivity contribution in [3.63, 3.8) is 0 Å². The summed E-state index contributed by atoms with van der Waals surface area (Å²) in [5, 5.41) is 10.7. The molecule has 35 heavy (non-hydrogen) atoms. The van der Waals surface area contributed by atoms with Crippen molar-refractivity contribution < 1.29 is 9.90 Å². The predicted molar refractivity (Wildman–Crippen MR) is 137 cm³/mol. The van der Waals surface area contributed by atoms with Gasteiger partial charge in [-0.15, -0.1) is 0 Å². The second-order valence-corrected chi connectivity index (χ2v) is 10.8. The van der Waals surface area contributed by atoms with E-state index in [1.54, 1.807) is 25.1 Å². The van der Waals surface area contributed by atoms with E-state index in [1.165, 1.54) is 24.0 Å². The number of hydrogen-bond donors (Lipinski definition) is 2. The normalized spacial score (nSPS) is 21.4. The molecule has 3 N–H and O–H groups in total. The summed E-state index contributed by atoms with van der Waals surface area (Å²) in [5.74, 6) is -0.688. The average Bonchev–Trinajstić information content (AvgIpc) is 3.64. The van der Waals surface area contributed by atoms with Crippen molar-refractivity contribution in [2.45, 2.75) is 44.1 Å². The zero-order chi connectivity index (χ0) is 24.5. The van der Waals surface area contributed by atoms with Crippen LogP contribution in [0.1, 0.15) is 59.0 Å². The molecule has 6 rings (SSSR count). The number of hydrogen-bond acceptors (Lipinski definition) is 5. The Labute approximate surface area is 214 Å². The van der Waals surface area contributed by atoms with E-state index >= 15 is 0 Å². The van der Waals surface area contributed by atoms with Crippen LogP contribution in [0.4, 0.5) is 5.95 Å². The molecule has 0 amide bonds. The Morgan fingerprint density at radius 1 is 1.06 bits per heavy atom. The molecule has 2 heterocycles. The Hall–Kier alpha value is -2.67. The van der Waals surface area contributed by atoms with Gasteiger partial charge in [0.15, 0.2) is 5.69 Å². The van der Waals surface area contributed by atoms with E-state index in [2.05, 4.69) is 34.1 Å². The molecule has 1 atom stereocenters. The van der Waals surface area contributed by atoms with E-state index in [4.69, 9.17) is 33.9 Å². The number of fused-ring (bicyclic) bond motifs is 3. The van der Waals surface area contributed by atoms with Crippen LogP contribution in [0.2, 0.25) is 10.0 Å². The van der Waals surface area contributed by atoms with Gasteiger partial charge < -0.3 is 15.7 Å². The number of halogens is 2. The highest BCUT2D eigenvalue weighted by Gasteiger charge is 2.67. The summed E-state index contributed by atoms with van der Waals surface area (Å²) >= 11 is 12.6. The number of aryl methyl sites for hydroxylation is 1. The van der Waals surface area contributed by atoms with Crippen molar-refractivity contribution in [1.29, 1.82) is 0 Å². The third-order valence-corrected chi connectivity index (χ3v) is 9.37. The molecule has 3 aromatic rings. The van der Waals surface area contributed by atoms with Crippen molar-refractivity contribution >= 4 is 35.1 Å². The minimum atomic E-state index is -1.12. The van der Waals surface area contributed by atoms with Crippen LogP contribution in [-0.4, -0.2) is 34.1 Å². The Morgan fingerprint density at radius 2 is 1.77 bits per heavy atom. The molecule has 1 aromatic heterocycles. The van der Waals surface area contributed by atoms with Crippen LogP contribution in [0, 0.1) is 12.3 Å². The highest BCUT2D eigenvalue weighted by atomic mass is 35.5. The first-order valence-electron chi connectivity index (χ1n) is 12.0. The lowest BCUT2D eigenvalue weighted by Gasteiger charge is -2.46. The standard InChI is InChI=1S/C27H26Cl2N4O2/c1-15-20(17-6-4-8-19(28)21(17)29)22(24(34)35)32-25(31-15)33-13-11-27(12-14-33)23(30)16-5-2-3-7-18(16)26(27)9-10-26/h2-8,23H,9-14,30H2,1H3,(H,34,35)/t23-/m1/s1. The van der Waals surface area contributed by atoms with Gasteiger partial charge >= 0.3 is 5.97 Å². The lowest BCUT2D eigenvalue weighted by molar-refractivity contribution is 0.0691. The van der Waals surface area contributed by atoms with Crippen LogP contribution in [-0.2, 0) is 5.41 Å². The maximum Gasteiger partial charge on any atom is 0.355 e. The monoisotopic (exact) mass is 508 g/mol. The molecular weight excluding hydrogens is 483 g/mol. The van der Waals surface area contributed by atoms with Crippen LogP contribution in [0.25, 0.3) is 11.1 Å². The van der Waals surface area contributed by atoms with Gasteiger partial charge in [0.05, 0.1) is 15.7 Å². The molecule has 8 heteroatoms. The molecule has 3 aliphatic rings. The number of rotatable bonds is 3. The van der Waals surface area contributed by atoms with Crippen molar-refractivity contribution in [2.75, 3.05) is 18.0 Å². The Bertz CT molecular complexity index is 1360. The maximum absolute atomic E-state index is 12.2. The van der Waals surface area contributed by atoms with Crippen LogP contribution >= 0.6 is 23.2 Å². The highest BCUT2D eigenvalue weighted by Crippen LogP contribution is 2.72. The maximum atomic E-state index is 12.2. The summed E-state index contributed by atoms with van der Waals surface area (Å²) in [7, 11) is 0. The quantitative estimate of drug-likeness (QED) is 0.465. The molecule has 2 fully saturated rings. The summed E-state index contributed by atoms with van der Waals surface area (Å²) in [6.07, 6.45) is 4.22. The van der Waals surface area contributed by atoms with Crippen molar-refractivity contribution in [3.8, 4) is 11.1 Å². The molecule has 6 nitrogen and oxygen atoms in total. The van der Waals surface area contributed by atoms with Crippen LogP contribution in [0.15, 0.2) is 42.5 Å². The molecule has 0 radical (unpaired) electrons. The van der Waals surface area contributed by atoms with Crippen molar-refractivity contribution in [3.05, 3.63) is 75.0 Å². The number of carbonyl (C=O) groups is 1. The Morgan fingerprint density at radius 3 is 2.46 bits per heavy atom. The van der Waals surface area contributed by atoms with Crippen LogP contribution in [0.5, 0.6) is 0 Å². The number of carboxylic acid groups (broad SMARTS) is 1. The molecular formula is C27H26Cl2N4O2. The molecule has 1 aliphatic heterocycles. The molecule has 180 valence electrons. The average molecular weight is 509 g/mol. The van der Waals surface area contributed by atoms with E-state index in [9.17, 15) is 9.90 Å². The Kier molecular flexibility index (Phi) is 5.15. The molecule has 2 spiro atoms. The number of nitrogens with two attached hydrogens (primary N) is 1. The number of aromatic nitrogens is 2. The topological polar surface area (TPSA) is 92.3 Å². The summed E-state index contributed by atoms with van der Waals surface area (Å²) < 4.78 is 0. The van der Waals surface area contributed by atoms with Gasteiger partial charge in [0, 0.05) is 41.1 Å². The summed E-state index contributed by atoms with van der Waals surface area (Å²) in [4.78, 5) is 23.6. The first kappa shape index (κ1) is 22.8. The summed E-state index contributed by atoms with van der Waals surface area (Å²) in [6.45, 7) is 3.26. The second kappa shape index (κ2) is 7.92. The molecule has 1 saturated heterocycles. The lowest BCUT2D eigenvalue weighted by atomic mass is 9.65. The lowest BCUT2D eigenvalue weighted by Crippen LogP contribution is -2.49. The number of aromatic carboxylic acids is 1. The third kappa shape index (κ3) is 3.16. The van der Waals surface area contributed by atoms with Gasteiger partial charge in [-0.1, -0.05) is 59.6 Å². The SMILES string of the molecule is Cc1nc(N2CCC3(CC2)[C@H](N)c2ccccc2C32CC2)nc(C(=O)O)c1-c1cccc(Cl)c1Cl. The zero-order valence-electron chi connectivity index (χ0n) is 19.4. The molecule has 1 saturated carbocycles. The number of carboxylic acids is 1. The number of anilines is 1. The van der Waals surface area contributed by atoms with E-state index in [0.717, 1.165) is 25.9 Å². The number of nitrogens with zero attached hydrogens (tertiary/aromatic N) is 3. The first-order valence-corrected chi connectivity index (χ1v) is 12.7. The molecule has 0 unspecified atom stereocenters. The largest absolute Gasteiger partial charge is 0.476 e. The highest BCUT2D eigenvalue weighted by molar-refractivity contribution is 6.43. The predicted octanol–water partition coefficient (Wildman–Crippen LogP) is 5.79. The van der Waals surface area contributed by atoms with Crippen LogP contribution < -0.4 is 10.6 Å². The summed E-state index contributed by atoms with van der Waals surface area (Å²) in [6, 6.07) is 13.8. The van der Waals surface area contributed by atoms with Gasteiger partial charge in [-0.3, -0.25) is 0 Å². The van der Waals surface area contributed by atoms with Crippen molar-refractivity contribution in [2.24, 2.45) is 11.1 Å². The minimum absolute atomic E-state index is 0.0212. The van der Waals surface area contributed by atoms with E-state index in [1.807, 2.05) is 0 Å². The van der Waals surface area contributed by atoms with E-state index < -0.39 is 5.97 Å². The molecule has 0 bridgehead atoms. The van der Waals surface area contributed by atoms with E-state index in [0.29, 0.717) is 32.8 Å². The van der Waals surface area contributed by atoms with Gasteiger partial charge in [0.2, 0.25) is 5.95 Å². The molecule has 2 aromatic carbocycles. The third-order valence-electron chi connectivity index (χ3n) is 8.55. The van der Waals surface area contributed by atoms with Gasteiger partial charge in [-0.25, -0.2) is 14.8 Å². The zero-order valence-corrected chi connectivity index (χ0v) is 20.9. The van der Waals surface area contributed by atoms with Gasteiger partial charge in [-0.05, 0) is 49.8 Å². The fourth-order valence-corrected chi connectivity index (χ4v) is 7.12. The van der Waals surface area contributed by atoms with Gasteiger partial charge in [-0.2, -0.15) is 0 Å².